The number of nitrogens with zero attached hydrogens (tertiary/aromatic N) is 1. The second-order valence-electron chi connectivity index (χ2n) is 7.35. The van der Waals surface area contributed by atoms with Gasteiger partial charge in [-0.2, -0.15) is 0 Å². The zero-order valence-corrected chi connectivity index (χ0v) is 16.9. The number of rotatable bonds is 6. The smallest absolute Gasteiger partial charge is 0.258 e. The van der Waals surface area contributed by atoms with E-state index in [4.69, 9.17) is 14.2 Å². The predicted molar refractivity (Wildman–Crippen MR) is 117 cm³/mol. The van der Waals surface area contributed by atoms with E-state index in [0.29, 0.717) is 30.2 Å². The fourth-order valence-corrected chi connectivity index (χ4v) is 3.92. The monoisotopic (exact) mass is 414 g/mol. The lowest BCUT2D eigenvalue weighted by atomic mass is 10.0. The van der Waals surface area contributed by atoms with Crippen LogP contribution in [0.3, 0.4) is 0 Å². The van der Waals surface area contributed by atoms with Gasteiger partial charge in [-0.3, -0.25) is 4.79 Å². The molecular formula is C25H22N2O4. The van der Waals surface area contributed by atoms with Crippen LogP contribution < -0.4 is 19.5 Å². The number of ether oxygens (including phenoxy) is 3. The summed E-state index contributed by atoms with van der Waals surface area (Å²) in [6, 6.07) is 21.1. The van der Waals surface area contributed by atoms with Gasteiger partial charge in [-0.05, 0) is 35.9 Å². The Balaban J connectivity index is 1.55. The molecule has 31 heavy (non-hydrogen) atoms. The first-order valence-electron chi connectivity index (χ1n) is 10.1. The van der Waals surface area contributed by atoms with Crippen molar-refractivity contribution in [1.82, 2.24) is 4.90 Å². The Morgan fingerprint density at radius 1 is 1.06 bits per heavy atom. The maximum atomic E-state index is 13.5. The van der Waals surface area contributed by atoms with Gasteiger partial charge in [0.05, 0.1) is 5.56 Å². The highest BCUT2D eigenvalue weighted by molar-refractivity contribution is 6.01. The van der Waals surface area contributed by atoms with E-state index in [1.54, 1.807) is 6.08 Å². The van der Waals surface area contributed by atoms with Crippen molar-refractivity contribution >= 4 is 11.6 Å². The largest absolute Gasteiger partial charge is 0.489 e. The number of amides is 1. The molecule has 0 unspecified atom stereocenters. The normalized spacial score (nSPS) is 16.5. The van der Waals surface area contributed by atoms with Crippen molar-refractivity contribution in [2.24, 2.45) is 0 Å². The lowest BCUT2D eigenvalue weighted by Gasteiger charge is -2.38. The van der Waals surface area contributed by atoms with Crippen LogP contribution in [0.2, 0.25) is 0 Å². The Hall–Kier alpha value is -3.93. The Labute approximate surface area is 180 Å². The molecule has 0 spiro atoms. The number of fused-ring (bicyclic) bond motifs is 2. The second kappa shape index (κ2) is 8.07. The molecule has 0 bridgehead atoms. The molecule has 1 amide bonds. The highest BCUT2D eigenvalue weighted by Crippen LogP contribution is 2.39. The maximum absolute atomic E-state index is 13.5. The van der Waals surface area contributed by atoms with Crippen molar-refractivity contribution in [2.45, 2.75) is 12.7 Å². The van der Waals surface area contributed by atoms with Crippen LogP contribution in [-0.4, -0.2) is 24.2 Å². The van der Waals surface area contributed by atoms with Crippen LogP contribution in [0.1, 0.15) is 27.7 Å². The number of benzene rings is 3. The lowest BCUT2D eigenvalue weighted by Crippen LogP contribution is -2.42. The van der Waals surface area contributed by atoms with Crippen molar-refractivity contribution in [2.75, 3.05) is 18.7 Å². The Bertz CT molecular complexity index is 1140. The Morgan fingerprint density at radius 2 is 1.87 bits per heavy atom. The third-order valence-corrected chi connectivity index (χ3v) is 5.38. The van der Waals surface area contributed by atoms with Gasteiger partial charge in [-0.15, -0.1) is 0 Å². The SMILES string of the molecule is C=CCOc1ccccc1[C@@H]1Nc2ccccc2C(=O)N1Cc1ccc2c(c1)OCO2. The van der Waals surface area contributed by atoms with Crippen molar-refractivity contribution < 1.29 is 19.0 Å². The molecule has 156 valence electrons. The van der Waals surface area contributed by atoms with Crippen LogP contribution in [0.5, 0.6) is 17.2 Å². The number of carbonyl (C=O) groups is 1. The van der Waals surface area contributed by atoms with Crippen molar-refractivity contribution in [3.8, 4) is 17.2 Å². The van der Waals surface area contributed by atoms with E-state index >= 15 is 0 Å². The third-order valence-electron chi connectivity index (χ3n) is 5.38. The molecule has 3 aromatic carbocycles. The van der Waals surface area contributed by atoms with Gasteiger partial charge >= 0.3 is 0 Å². The minimum absolute atomic E-state index is 0.0458. The lowest BCUT2D eigenvalue weighted by molar-refractivity contribution is 0.0664. The minimum Gasteiger partial charge on any atom is -0.489 e. The molecule has 0 fully saturated rings. The van der Waals surface area contributed by atoms with Crippen LogP contribution in [0.4, 0.5) is 5.69 Å². The average Bonchev–Trinajstić information content (AvgIpc) is 3.28. The Kier molecular flexibility index (Phi) is 4.96. The van der Waals surface area contributed by atoms with Crippen LogP contribution in [0, 0.1) is 0 Å². The molecule has 0 aromatic heterocycles. The van der Waals surface area contributed by atoms with Gasteiger partial charge in [0.2, 0.25) is 6.79 Å². The molecule has 0 radical (unpaired) electrons. The average molecular weight is 414 g/mol. The highest BCUT2D eigenvalue weighted by Gasteiger charge is 2.34. The van der Waals surface area contributed by atoms with Gasteiger partial charge in [0.15, 0.2) is 11.5 Å². The zero-order valence-electron chi connectivity index (χ0n) is 16.9. The van der Waals surface area contributed by atoms with Crippen LogP contribution in [0.25, 0.3) is 0 Å². The minimum atomic E-state index is -0.395. The van der Waals surface area contributed by atoms with Gasteiger partial charge in [0, 0.05) is 17.8 Å². The van der Waals surface area contributed by atoms with Gasteiger partial charge in [0.25, 0.3) is 5.91 Å². The molecule has 1 atom stereocenters. The van der Waals surface area contributed by atoms with E-state index in [-0.39, 0.29) is 12.7 Å². The summed E-state index contributed by atoms with van der Waals surface area (Å²) in [6.45, 7) is 4.73. The van der Waals surface area contributed by atoms with E-state index in [1.807, 2.05) is 71.6 Å². The first-order chi connectivity index (χ1) is 15.2. The number of nitrogens with one attached hydrogen (secondary N) is 1. The summed E-state index contributed by atoms with van der Waals surface area (Å²) >= 11 is 0. The molecule has 6 heteroatoms. The summed E-state index contributed by atoms with van der Waals surface area (Å²) < 4.78 is 16.8. The number of hydrogen-bond acceptors (Lipinski definition) is 5. The molecule has 1 N–H and O–H groups in total. The molecule has 2 aliphatic rings. The van der Waals surface area contributed by atoms with E-state index in [1.165, 1.54) is 0 Å². The quantitative estimate of drug-likeness (QED) is 0.590. The number of para-hydroxylation sites is 2. The van der Waals surface area contributed by atoms with Crippen molar-refractivity contribution in [1.29, 1.82) is 0 Å². The molecule has 6 nitrogen and oxygen atoms in total. The van der Waals surface area contributed by atoms with E-state index in [0.717, 1.165) is 22.6 Å². The molecule has 0 saturated carbocycles. The summed E-state index contributed by atoms with van der Waals surface area (Å²) in [5.41, 5.74) is 3.28. The number of carbonyl (C=O) groups excluding carboxylic acids is 1. The molecule has 2 aliphatic heterocycles. The summed E-state index contributed by atoms with van der Waals surface area (Å²) in [5.74, 6) is 2.08. The summed E-state index contributed by atoms with van der Waals surface area (Å²) in [4.78, 5) is 15.4. The van der Waals surface area contributed by atoms with Crippen LogP contribution >= 0.6 is 0 Å². The van der Waals surface area contributed by atoms with Gasteiger partial charge in [0.1, 0.15) is 18.5 Å². The number of hydrogen-bond donors (Lipinski definition) is 1. The zero-order chi connectivity index (χ0) is 21.2. The van der Waals surface area contributed by atoms with E-state index in [2.05, 4.69) is 11.9 Å². The van der Waals surface area contributed by atoms with E-state index in [9.17, 15) is 4.79 Å². The maximum Gasteiger partial charge on any atom is 0.258 e. The molecular weight excluding hydrogens is 392 g/mol. The standard InChI is InChI=1S/C25H22N2O4/c1-2-13-29-21-10-6-4-8-19(21)24-26-20-9-5-3-7-18(20)25(28)27(24)15-17-11-12-22-23(14-17)31-16-30-22/h2-12,14,24,26H,1,13,15-16H2/t24-/m1/s1. The van der Waals surface area contributed by atoms with Crippen LogP contribution in [-0.2, 0) is 6.54 Å². The highest BCUT2D eigenvalue weighted by atomic mass is 16.7. The molecule has 2 heterocycles. The first kappa shape index (κ1) is 19.1. The fraction of sp³-hybridized carbons (Fsp3) is 0.160. The molecule has 3 aromatic rings. The third kappa shape index (κ3) is 3.57. The summed E-state index contributed by atoms with van der Waals surface area (Å²) in [6.07, 6.45) is 1.31. The molecule has 5 rings (SSSR count). The van der Waals surface area contributed by atoms with Gasteiger partial charge in [-0.25, -0.2) is 0 Å². The van der Waals surface area contributed by atoms with Crippen LogP contribution in [0.15, 0.2) is 79.4 Å². The second-order valence-corrected chi connectivity index (χ2v) is 7.35. The summed E-state index contributed by atoms with van der Waals surface area (Å²) in [5, 5.41) is 3.53. The summed E-state index contributed by atoms with van der Waals surface area (Å²) in [7, 11) is 0. The molecule has 0 aliphatic carbocycles. The van der Waals surface area contributed by atoms with Crippen molar-refractivity contribution in [3.63, 3.8) is 0 Å². The molecule has 0 saturated heterocycles. The fourth-order valence-electron chi connectivity index (χ4n) is 3.92. The number of anilines is 1. The van der Waals surface area contributed by atoms with Crippen molar-refractivity contribution in [3.05, 3.63) is 96.1 Å². The Morgan fingerprint density at radius 3 is 2.77 bits per heavy atom. The van der Waals surface area contributed by atoms with E-state index < -0.39 is 6.17 Å². The predicted octanol–water partition coefficient (Wildman–Crippen LogP) is 4.75. The van der Waals surface area contributed by atoms with Gasteiger partial charge in [-0.1, -0.05) is 49.1 Å². The van der Waals surface area contributed by atoms with Gasteiger partial charge < -0.3 is 24.4 Å². The topological polar surface area (TPSA) is 60.0 Å². The first-order valence-corrected chi connectivity index (χ1v) is 10.1.